The van der Waals surface area contributed by atoms with Crippen LogP contribution in [-0.2, 0) is 25.6 Å². The summed E-state index contributed by atoms with van der Waals surface area (Å²) in [6, 6.07) is 12.4. The fourth-order valence-electron chi connectivity index (χ4n) is 5.27. The van der Waals surface area contributed by atoms with Gasteiger partial charge in [0.25, 0.3) is 5.56 Å². The minimum absolute atomic E-state index is 0.0592. The Bertz CT molecular complexity index is 1930. The Morgan fingerprint density at radius 2 is 1.83 bits per heavy atom. The van der Waals surface area contributed by atoms with E-state index in [-0.39, 0.29) is 24.7 Å². The van der Waals surface area contributed by atoms with Crippen molar-refractivity contribution in [3.05, 3.63) is 94.7 Å². The van der Waals surface area contributed by atoms with Gasteiger partial charge in [0.2, 0.25) is 0 Å². The smallest absolute Gasteiger partial charge is 0.338 e. The van der Waals surface area contributed by atoms with Crippen LogP contribution in [-0.4, -0.2) is 41.4 Å². The SMILES string of the molecule is CCOC(=O)Cn1c(C)c(/C=c2\sc3n(c2=O)[C@H](c2ccc(OC)c(Br)c2)C(C(=O)OCC)=C(C)N=3)c2ccccc21. The molecule has 0 spiro atoms. The van der Waals surface area contributed by atoms with Crippen molar-refractivity contribution in [3.63, 3.8) is 0 Å². The molecule has 0 saturated carbocycles. The third-order valence-electron chi connectivity index (χ3n) is 7.16. The van der Waals surface area contributed by atoms with Crippen molar-refractivity contribution in [1.29, 1.82) is 0 Å². The number of hydrogen-bond donors (Lipinski definition) is 0. The zero-order valence-corrected chi connectivity index (χ0v) is 26.3. The summed E-state index contributed by atoms with van der Waals surface area (Å²) in [6.45, 7) is 7.73. The van der Waals surface area contributed by atoms with Crippen molar-refractivity contribution < 1.29 is 23.8 Å². The normalized spacial score (nSPS) is 15.0. The van der Waals surface area contributed by atoms with Gasteiger partial charge in [0.1, 0.15) is 12.3 Å². The predicted molar refractivity (Wildman–Crippen MR) is 164 cm³/mol. The van der Waals surface area contributed by atoms with Gasteiger partial charge in [-0.05, 0) is 73.5 Å². The van der Waals surface area contributed by atoms with Crippen molar-refractivity contribution in [2.45, 2.75) is 40.3 Å². The molecule has 0 fully saturated rings. The van der Waals surface area contributed by atoms with E-state index in [2.05, 4.69) is 20.9 Å². The number of ether oxygens (including phenoxy) is 3. The summed E-state index contributed by atoms with van der Waals surface area (Å²) in [5.41, 5.74) is 3.72. The van der Waals surface area contributed by atoms with Crippen LogP contribution in [0.1, 0.15) is 43.6 Å². The molecule has 0 aliphatic carbocycles. The minimum Gasteiger partial charge on any atom is -0.496 e. The van der Waals surface area contributed by atoms with Crippen LogP contribution < -0.4 is 19.6 Å². The number of fused-ring (bicyclic) bond motifs is 2. The Kier molecular flexibility index (Phi) is 8.51. The molecule has 0 saturated heterocycles. The first-order chi connectivity index (χ1) is 20.2. The molecular formula is C31H30BrN3O6S. The lowest BCUT2D eigenvalue weighted by Crippen LogP contribution is -2.40. The summed E-state index contributed by atoms with van der Waals surface area (Å²) >= 11 is 4.79. The largest absolute Gasteiger partial charge is 0.496 e. The summed E-state index contributed by atoms with van der Waals surface area (Å²) < 4.78 is 20.6. The summed E-state index contributed by atoms with van der Waals surface area (Å²) in [6.07, 6.45) is 1.84. The molecule has 4 aromatic rings. The maximum Gasteiger partial charge on any atom is 0.338 e. The van der Waals surface area contributed by atoms with Crippen molar-refractivity contribution in [2.24, 2.45) is 4.99 Å². The molecule has 42 heavy (non-hydrogen) atoms. The Labute approximate surface area is 254 Å². The monoisotopic (exact) mass is 651 g/mol. The Hall–Kier alpha value is -3.96. The molecular weight excluding hydrogens is 622 g/mol. The number of methoxy groups -OCH3 is 1. The molecule has 3 heterocycles. The van der Waals surface area contributed by atoms with Crippen molar-refractivity contribution in [2.75, 3.05) is 20.3 Å². The average Bonchev–Trinajstić information content (AvgIpc) is 3.41. The number of hydrogen-bond acceptors (Lipinski definition) is 8. The first-order valence-electron chi connectivity index (χ1n) is 13.5. The van der Waals surface area contributed by atoms with Gasteiger partial charge in [-0.2, -0.15) is 0 Å². The molecule has 0 amide bonds. The van der Waals surface area contributed by atoms with Gasteiger partial charge < -0.3 is 18.8 Å². The van der Waals surface area contributed by atoms with Gasteiger partial charge in [0.05, 0.1) is 46.6 Å². The highest BCUT2D eigenvalue weighted by Crippen LogP contribution is 2.35. The fraction of sp³-hybridized carbons (Fsp3) is 0.290. The van der Waals surface area contributed by atoms with Crippen LogP contribution in [0.4, 0.5) is 0 Å². The second-order valence-electron chi connectivity index (χ2n) is 9.60. The number of nitrogens with zero attached hydrogens (tertiary/aromatic N) is 3. The van der Waals surface area contributed by atoms with E-state index in [9.17, 15) is 14.4 Å². The number of allylic oxidation sites excluding steroid dienone is 1. The number of para-hydroxylation sites is 1. The molecule has 1 atom stereocenters. The highest BCUT2D eigenvalue weighted by molar-refractivity contribution is 9.10. The Morgan fingerprint density at radius 1 is 1.10 bits per heavy atom. The van der Waals surface area contributed by atoms with Crippen LogP contribution in [0.5, 0.6) is 5.75 Å². The van der Waals surface area contributed by atoms with E-state index in [0.717, 1.165) is 22.2 Å². The van der Waals surface area contributed by atoms with Crippen LogP contribution in [0.15, 0.2) is 68.0 Å². The molecule has 2 aromatic heterocycles. The second kappa shape index (κ2) is 12.1. The molecule has 0 unspecified atom stereocenters. The summed E-state index contributed by atoms with van der Waals surface area (Å²) in [5.74, 6) is -0.234. The molecule has 1 aliphatic heterocycles. The third-order valence-corrected chi connectivity index (χ3v) is 8.76. The fourth-order valence-corrected chi connectivity index (χ4v) is 6.86. The first-order valence-corrected chi connectivity index (χ1v) is 15.1. The number of thiazole rings is 1. The van der Waals surface area contributed by atoms with Gasteiger partial charge in [0.15, 0.2) is 4.80 Å². The standard InChI is InChI=1S/C31H30BrN3O6S/c1-6-40-26(36)16-34-18(4)21(20-10-8-9-11-23(20)34)15-25-29(37)35-28(19-12-13-24(39-5)22(32)14-19)27(30(38)41-7-2)17(3)33-31(35)42-25/h8-15,28H,6-7,16H2,1-5H3/b25-15-/t28-/m1/s1. The van der Waals surface area contributed by atoms with Gasteiger partial charge in [-0.3, -0.25) is 14.2 Å². The number of aromatic nitrogens is 2. The van der Waals surface area contributed by atoms with E-state index in [0.29, 0.717) is 43.0 Å². The maximum absolute atomic E-state index is 14.1. The van der Waals surface area contributed by atoms with Crippen molar-refractivity contribution >= 4 is 56.2 Å². The number of rotatable bonds is 8. The molecule has 9 nitrogen and oxygen atoms in total. The zero-order chi connectivity index (χ0) is 30.1. The highest BCUT2D eigenvalue weighted by Gasteiger charge is 2.33. The van der Waals surface area contributed by atoms with Crippen LogP contribution in [0.2, 0.25) is 0 Å². The van der Waals surface area contributed by atoms with Crippen LogP contribution >= 0.6 is 27.3 Å². The average molecular weight is 653 g/mol. The van der Waals surface area contributed by atoms with Crippen LogP contribution in [0.25, 0.3) is 17.0 Å². The van der Waals surface area contributed by atoms with E-state index < -0.39 is 12.0 Å². The molecule has 0 radical (unpaired) electrons. The molecule has 218 valence electrons. The summed E-state index contributed by atoms with van der Waals surface area (Å²) in [7, 11) is 1.57. The van der Waals surface area contributed by atoms with E-state index in [1.54, 1.807) is 38.5 Å². The Morgan fingerprint density at radius 3 is 2.52 bits per heavy atom. The third kappa shape index (κ3) is 5.22. The molecule has 0 N–H and O–H groups in total. The summed E-state index contributed by atoms with van der Waals surface area (Å²) in [5, 5.41) is 0.907. The highest BCUT2D eigenvalue weighted by atomic mass is 79.9. The molecule has 2 aromatic carbocycles. The lowest BCUT2D eigenvalue weighted by molar-refractivity contribution is -0.143. The topological polar surface area (TPSA) is 101 Å². The summed E-state index contributed by atoms with van der Waals surface area (Å²) in [4.78, 5) is 44.9. The number of carbonyl (C=O) groups is 2. The number of benzene rings is 2. The van der Waals surface area contributed by atoms with E-state index in [1.807, 2.05) is 54.0 Å². The Balaban J connectivity index is 1.73. The number of halogens is 1. The number of esters is 2. The lowest BCUT2D eigenvalue weighted by atomic mass is 9.96. The minimum atomic E-state index is -0.754. The van der Waals surface area contributed by atoms with Gasteiger partial charge >= 0.3 is 11.9 Å². The van der Waals surface area contributed by atoms with Gasteiger partial charge in [0, 0.05) is 22.2 Å². The van der Waals surface area contributed by atoms with E-state index >= 15 is 0 Å². The maximum atomic E-state index is 14.1. The predicted octanol–water partition coefficient (Wildman–Crippen LogP) is 4.40. The second-order valence-corrected chi connectivity index (χ2v) is 11.5. The molecule has 1 aliphatic rings. The van der Waals surface area contributed by atoms with Gasteiger partial charge in [-0.15, -0.1) is 0 Å². The first kappa shape index (κ1) is 29.5. The van der Waals surface area contributed by atoms with E-state index in [1.165, 1.54) is 11.3 Å². The quantitative estimate of drug-likeness (QED) is 0.262. The number of carbonyl (C=O) groups excluding carboxylic acids is 2. The van der Waals surface area contributed by atoms with Crippen LogP contribution in [0, 0.1) is 6.92 Å². The molecule has 11 heteroatoms. The van der Waals surface area contributed by atoms with Gasteiger partial charge in [-0.1, -0.05) is 35.6 Å². The molecule has 0 bridgehead atoms. The van der Waals surface area contributed by atoms with E-state index in [4.69, 9.17) is 14.2 Å². The van der Waals surface area contributed by atoms with Crippen molar-refractivity contribution in [3.8, 4) is 5.75 Å². The zero-order valence-electron chi connectivity index (χ0n) is 23.9. The molecule has 5 rings (SSSR count). The van der Waals surface area contributed by atoms with Crippen molar-refractivity contribution in [1.82, 2.24) is 9.13 Å². The van der Waals surface area contributed by atoms with Crippen LogP contribution in [0.3, 0.4) is 0 Å². The lowest BCUT2D eigenvalue weighted by Gasteiger charge is -2.25. The van der Waals surface area contributed by atoms with Gasteiger partial charge in [-0.25, -0.2) is 9.79 Å².